The first-order valence-corrected chi connectivity index (χ1v) is 6.64. The minimum atomic E-state index is -0.193. The zero-order chi connectivity index (χ0) is 14.4. The number of rotatable bonds is 6. The fourth-order valence-electron chi connectivity index (χ4n) is 1.72. The van der Waals surface area contributed by atoms with Crippen LogP contribution >= 0.6 is 11.6 Å². The molecule has 0 saturated carbocycles. The molecule has 0 aliphatic heterocycles. The Morgan fingerprint density at radius 1 is 1.42 bits per heavy atom. The van der Waals surface area contributed by atoms with Gasteiger partial charge in [0.15, 0.2) is 0 Å². The highest BCUT2D eigenvalue weighted by Crippen LogP contribution is 2.22. The molecule has 106 valence electrons. The molecule has 0 radical (unpaired) electrons. The van der Waals surface area contributed by atoms with Crippen LogP contribution in [0.4, 0.5) is 5.69 Å². The van der Waals surface area contributed by atoms with Crippen LogP contribution in [0, 0.1) is 5.92 Å². The van der Waals surface area contributed by atoms with Gasteiger partial charge in [-0.15, -0.1) is 0 Å². The Labute approximate surface area is 119 Å². The van der Waals surface area contributed by atoms with Crippen molar-refractivity contribution in [3.63, 3.8) is 0 Å². The summed E-state index contributed by atoms with van der Waals surface area (Å²) in [7, 11) is 3.26. The predicted molar refractivity (Wildman–Crippen MR) is 79.0 cm³/mol. The van der Waals surface area contributed by atoms with Crippen LogP contribution in [-0.4, -0.2) is 32.7 Å². The fourth-order valence-corrected chi connectivity index (χ4v) is 1.92. The zero-order valence-corrected chi connectivity index (χ0v) is 12.5. The second kappa shape index (κ2) is 7.36. The molecule has 2 N–H and O–H groups in total. The number of ether oxygens (including phenoxy) is 1. The molecule has 0 saturated heterocycles. The minimum absolute atomic E-state index is 0.184. The lowest BCUT2D eigenvalue weighted by atomic mass is 10.0. The number of hydrogen-bond donors (Lipinski definition) is 2. The lowest BCUT2D eigenvalue weighted by Crippen LogP contribution is -2.30. The van der Waals surface area contributed by atoms with Gasteiger partial charge in [0.2, 0.25) is 0 Å². The molecule has 0 heterocycles. The van der Waals surface area contributed by atoms with Crippen molar-refractivity contribution in [2.75, 3.05) is 26.1 Å². The van der Waals surface area contributed by atoms with Gasteiger partial charge in [-0.05, 0) is 24.1 Å². The molecule has 0 aliphatic rings. The van der Waals surface area contributed by atoms with Gasteiger partial charge in [0.25, 0.3) is 5.91 Å². The summed E-state index contributed by atoms with van der Waals surface area (Å²) in [5.41, 5.74) is 1.33. The first kappa shape index (κ1) is 15.8. The molecule has 0 bridgehead atoms. The first-order valence-electron chi connectivity index (χ1n) is 6.26. The second-order valence-corrected chi connectivity index (χ2v) is 5.13. The Hall–Kier alpha value is -1.26. The van der Waals surface area contributed by atoms with Gasteiger partial charge in [0.05, 0.1) is 23.2 Å². The smallest absolute Gasteiger partial charge is 0.252 e. The molecule has 1 atom stereocenters. The molecule has 0 fully saturated rings. The Morgan fingerprint density at radius 3 is 2.63 bits per heavy atom. The average Bonchev–Trinajstić information content (AvgIpc) is 2.39. The maximum atomic E-state index is 11.7. The number of anilines is 1. The molecular formula is C14H21ClN2O2. The maximum absolute atomic E-state index is 11.7. The molecule has 19 heavy (non-hydrogen) atoms. The first-order chi connectivity index (χ1) is 8.99. The molecule has 1 rings (SSSR count). The van der Waals surface area contributed by atoms with Gasteiger partial charge in [0.1, 0.15) is 0 Å². The van der Waals surface area contributed by atoms with Crippen LogP contribution in [0.15, 0.2) is 18.2 Å². The number of nitrogens with one attached hydrogen (secondary N) is 2. The fraction of sp³-hybridized carbons (Fsp3) is 0.500. The van der Waals surface area contributed by atoms with Crippen LogP contribution in [0.25, 0.3) is 0 Å². The predicted octanol–water partition coefficient (Wildman–Crippen LogP) is 2.78. The molecule has 1 amide bonds. The lowest BCUT2D eigenvalue weighted by molar-refractivity contribution is 0.0963. The van der Waals surface area contributed by atoms with E-state index in [4.69, 9.17) is 16.3 Å². The molecule has 0 aromatic heterocycles. The van der Waals surface area contributed by atoms with Crippen molar-refractivity contribution in [2.24, 2.45) is 5.92 Å². The van der Waals surface area contributed by atoms with E-state index >= 15 is 0 Å². The molecule has 0 aliphatic carbocycles. The number of amides is 1. The van der Waals surface area contributed by atoms with E-state index in [2.05, 4.69) is 24.5 Å². The van der Waals surface area contributed by atoms with E-state index in [1.165, 1.54) is 0 Å². The normalized spacial score (nSPS) is 12.3. The molecule has 4 nitrogen and oxygen atoms in total. The SMILES string of the molecule is CNC(=O)c1cc(NC(COC)C(C)C)ccc1Cl. The highest BCUT2D eigenvalue weighted by molar-refractivity contribution is 6.34. The summed E-state index contributed by atoms with van der Waals surface area (Å²) in [6.07, 6.45) is 0. The van der Waals surface area contributed by atoms with Crippen molar-refractivity contribution in [1.29, 1.82) is 0 Å². The quantitative estimate of drug-likeness (QED) is 0.844. The molecule has 1 aromatic rings. The molecule has 1 unspecified atom stereocenters. The summed E-state index contributed by atoms with van der Waals surface area (Å²) in [6.45, 7) is 4.84. The van der Waals surface area contributed by atoms with Gasteiger partial charge < -0.3 is 15.4 Å². The number of methoxy groups -OCH3 is 1. The highest BCUT2D eigenvalue weighted by Gasteiger charge is 2.15. The van der Waals surface area contributed by atoms with E-state index in [1.54, 1.807) is 26.3 Å². The topological polar surface area (TPSA) is 50.4 Å². The molecule has 1 aromatic carbocycles. The Balaban J connectivity index is 2.92. The maximum Gasteiger partial charge on any atom is 0.252 e. The zero-order valence-electron chi connectivity index (χ0n) is 11.8. The van der Waals surface area contributed by atoms with E-state index < -0.39 is 0 Å². The summed E-state index contributed by atoms with van der Waals surface area (Å²) >= 11 is 6.02. The third-order valence-corrected chi connectivity index (χ3v) is 3.27. The van der Waals surface area contributed by atoms with Crippen molar-refractivity contribution in [2.45, 2.75) is 19.9 Å². The summed E-state index contributed by atoms with van der Waals surface area (Å²) in [4.78, 5) is 11.7. The number of halogens is 1. The third-order valence-electron chi connectivity index (χ3n) is 2.94. The van der Waals surface area contributed by atoms with E-state index in [9.17, 15) is 4.79 Å². The van der Waals surface area contributed by atoms with Gasteiger partial charge in [-0.3, -0.25) is 4.79 Å². The van der Waals surface area contributed by atoms with Gasteiger partial charge in [-0.25, -0.2) is 0 Å². The average molecular weight is 285 g/mol. The van der Waals surface area contributed by atoms with Gasteiger partial charge in [0, 0.05) is 19.8 Å². The molecule has 5 heteroatoms. The Morgan fingerprint density at radius 2 is 2.11 bits per heavy atom. The third kappa shape index (κ3) is 4.40. The van der Waals surface area contributed by atoms with Crippen LogP contribution in [0.5, 0.6) is 0 Å². The number of carbonyl (C=O) groups is 1. The van der Waals surface area contributed by atoms with E-state index in [0.29, 0.717) is 23.1 Å². The number of hydrogen-bond acceptors (Lipinski definition) is 3. The monoisotopic (exact) mass is 284 g/mol. The van der Waals surface area contributed by atoms with Gasteiger partial charge in [-0.2, -0.15) is 0 Å². The van der Waals surface area contributed by atoms with Crippen molar-refractivity contribution < 1.29 is 9.53 Å². The van der Waals surface area contributed by atoms with Crippen molar-refractivity contribution in [1.82, 2.24) is 5.32 Å². The van der Waals surface area contributed by atoms with Crippen LogP contribution in [-0.2, 0) is 4.74 Å². The van der Waals surface area contributed by atoms with E-state index in [0.717, 1.165) is 5.69 Å². The van der Waals surface area contributed by atoms with Crippen LogP contribution < -0.4 is 10.6 Å². The number of carbonyl (C=O) groups excluding carboxylic acids is 1. The van der Waals surface area contributed by atoms with Crippen molar-refractivity contribution in [3.8, 4) is 0 Å². The standard InChI is InChI=1S/C14H21ClN2O2/c1-9(2)13(8-19-4)17-10-5-6-12(15)11(7-10)14(18)16-3/h5-7,9,13,17H,8H2,1-4H3,(H,16,18). The largest absolute Gasteiger partial charge is 0.383 e. The summed E-state index contributed by atoms with van der Waals surface area (Å²) in [5, 5.41) is 6.38. The van der Waals surface area contributed by atoms with Crippen molar-refractivity contribution >= 4 is 23.2 Å². The Bertz CT molecular complexity index is 435. The molecule has 0 spiro atoms. The minimum Gasteiger partial charge on any atom is -0.383 e. The number of benzene rings is 1. The summed E-state index contributed by atoms with van der Waals surface area (Å²) in [5.74, 6) is 0.223. The molecular weight excluding hydrogens is 264 g/mol. The van der Waals surface area contributed by atoms with Gasteiger partial charge in [-0.1, -0.05) is 25.4 Å². The van der Waals surface area contributed by atoms with Crippen LogP contribution in [0.2, 0.25) is 5.02 Å². The van der Waals surface area contributed by atoms with E-state index in [1.807, 2.05) is 6.07 Å². The van der Waals surface area contributed by atoms with E-state index in [-0.39, 0.29) is 11.9 Å². The Kier molecular flexibility index (Phi) is 6.12. The second-order valence-electron chi connectivity index (χ2n) is 4.72. The summed E-state index contributed by atoms with van der Waals surface area (Å²) < 4.78 is 5.19. The summed E-state index contributed by atoms with van der Waals surface area (Å²) in [6, 6.07) is 5.52. The van der Waals surface area contributed by atoms with Crippen molar-refractivity contribution in [3.05, 3.63) is 28.8 Å². The van der Waals surface area contributed by atoms with Crippen LogP contribution in [0.1, 0.15) is 24.2 Å². The highest BCUT2D eigenvalue weighted by atomic mass is 35.5. The van der Waals surface area contributed by atoms with Crippen LogP contribution in [0.3, 0.4) is 0 Å². The van der Waals surface area contributed by atoms with Gasteiger partial charge >= 0.3 is 0 Å². The lowest BCUT2D eigenvalue weighted by Gasteiger charge is -2.23.